The van der Waals surface area contributed by atoms with Crippen LogP contribution in [0.15, 0.2) is 24.3 Å². The van der Waals surface area contributed by atoms with Crippen molar-refractivity contribution in [2.24, 2.45) is 5.41 Å². The molecular formula is C15H21NO4. The van der Waals surface area contributed by atoms with Crippen molar-refractivity contribution in [2.45, 2.75) is 33.1 Å². The van der Waals surface area contributed by atoms with Crippen molar-refractivity contribution in [3.05, 3.63) is 29.8 Å². The van der Waals surface area contributed by atoms with E-state index in [1.807, 2.05) is 0 Å². The molecule has 0 aliphatic carbocycles. The molecule has 0 aromatic heterocycles. The maximum Gasteiger partial charge on any atom is 0.311 e. The Morgan fingerprint density at radius 1 is 1.20 bits per heavy atom. The zero-order valence-electron chi connectivity index (χ0n) is 11.8. The van der Waals surface area contributed by atoms with Gasteiger partial charge in [-0.25, -0.2) is 0 Å². The number of aliphatic carboxylic acids is 1. The molecule has 0 bridgehead atoms. The van der Waals surface area contributed by atoms with E-state index >= 15 is 0 Å². The van der Waals surface area contributed by atoms with E-state index in [0.717, 1.165) is 0 Å². The molecule has 1 aromatic rings. The van der Waals surface area contributed by atoms with E-state index in [1.165, 1.54) is 6.07 Å². The number of hydrogen-bond donors (Lipinski definition) is 3. The number of hydrogen-bond acceptors (Lipinski definition) is 3. The van der Waals surface area contributed by atoms with Crippen LogP contribution in [-0.2, 0) is 16.0 Å². The maximum atomic E-state index is 11.9. The van der Waals surface area contributed by atoms with Crippen LogP contribution in [0.3, 0.4) is 0 Å². The van der Waals surface area contributed by atoms with Crippen LogP contribution in [0.25, 0.3) is 0 Å². The molecule has 20 heavy (non-hydrogen) atoms. The van der Waals surface area contributed by atoms with E-state index in [1.54, 1.807) is 32.0 Å². The first-order valence-electron chi connectivity index (χ1n) is 6.72. The number of carboxylic acids is 1. The number of rotatable bonds is 7. The molecule has 0 heterocycles. The minimum atomic E-state index is -0.922. The van der Waals surface area contributed by atoms with Gasteiger partial charge < -0.3 is 15.5 Å². The molecule has 1 aromatic carbocycles. The Bertz CT molecular complexity index is 481. The summed E-state index contributed by atoms with van der Waals surface area (Å²) in [7, 11) is 0. The zero-order chi connectivity index (χ0) is 15.2. The van der Waals surface area contributed by atoms with E-state index in [9.17, 15) is 19.8 Å². The number of carbonyl (C=O) groups is 2. The number of phenolic OH excluding ortho intramolecular Hbond substituents is 1. The molecule has 5 heteroatoms. The number of aromatic hydroxyl groups is 1. The highest BCUT2D eigenvalue weighted by molar-refractivity contribution is 5.81. The third-order valence-electron chi connectivity index (χ3n) is 3.77. The molecule has 5 nitrogen and oxygen atoms in total. The molecule has 110 valence electrons. The Morgan fingerprint density at radius 2 is 1.80 bits per heavy atom. The van der Waals surface area contributed by atoms with Gasteiger partial charge in [-0.05, 0) is 18.9 Å². The number of phenols is 1. The first kappa shape index (κ1) is 16.0. The fraction of sp³-hybridized carbons (Fsp3) is 0.467. The predicted octanol–water partition coefficient (Wildman–Crippen LogP) is 1.94. The Labute approximate surface area is 118 Å². The minimum absolute atomic E-state index is 0.0375. The maximum absolute atomic E-state index is 11.9. The van der Waals surface area contributed by atoms with Crippen molar-refractivity contribution < 1.29 is 19.8 Å². The second kappa shape index (κ2) is 6.93. The molecule has 0 saturated carbocycles. The van der Waals surface area contributed by atoms with E-state index < -0.39 is 11.4 Å². The lowest BCUT2D eigenvalue weighted by atomic mass is 9.82. The Hall–Kier alpha value is -2.04. The Morgan fingerprint density at radius 3 is 2.30 bits per heavy atom. The molecule has 0 atom stereocenters. The van der Waals surface area contributed by atoms with Crippen LogP contribution >= 0.6 is 0 Å². The molecule has 1 amide bonds. The lowest BCUT2D eigenvalue weighted by molar-refractivity contribution is -0.149. The summed E-state index contributed by atoms with van der Waals surface area (Å²) in [5.74, 6) is -1.12. The van der Waals surface area contributed by atoms with Gasteiger partial charge >= 0.3 is 5.97 Å². The number of benzene rings is 1. The van der Waals surface area contributed by atoms with Gasteiger partial charge in [0.25, 0.3) is 0 Å². The predicted molar refractivity (Wildman–Crippen MR) is 75.5 cm³/mol. The van der Waals surface area contributed by atoms with Crippen LogP contribution < -0.4 is 5.32 Å². The van der Waals surface area contributed by atoms with Crippen LogP contribution in [-0.4, -0.2) is 28.6 Å². The van der Waals surface area contributed by atoms with Crippen molar-refractivity contribution in [3.63, 3.8) is 0 Å². The summed E-state index contributed by atoms with van der Waals surface area (Å²) in [6.45, 7) is 3.70. The second-order valence-corrected chi connectivity index (χ2v) is 4.87. The molecular weight excluding hydrogens is 258 g/mol. The van der Waals surface area contributed by atoms with E-state index in [0.29, 0.717) is 18.4 Å². The molecule has 0 spiro atoms. The van der Waals surface area contributed by atoms with Crippen LogP contribution in [0, 0.1) is 5.41 Å². The van der Waals surface area contributed by atoms with Crippen molar-refractivity contribution in [3.8, 4) is 5.75 Å². The van der Waals surface area contributed by atoms with Gasteiger partial charge in [-0.3, -0.25) is 9.59 Å². The number of para-hydroxylation sites is 1. The smallest absolute Gasteiger partial charge is 0.311 e. The second-order valence-electron chi connectivity index (χ2n) is 4.87. The van der Waals surface area contributed by atoms with Gasteiger partial charge in [0, 0.05) is 12.1 Å². The van der Waals surface area contributed by atoms with Gasteiger partial charge in [-0.1, -0.05) is 32.0 Å². The standard InChI is InChI=1S/C15H21NO4/c1-3-15(4-2,14(19)20)10-16-13(18)9-11-7-5-6-8-12(11)17/h5-8,17H,3-4,9-10H2,1-2H3,(H,16,18)(H,19,20). The zero-order valence-corrected chi connectivity index (χ0v) is 11.8. The van der Waals surface area contributed by atoms with Crippen molar-refractivity contribution in [2.75, 3.05) is 6.54 Å². The normalized spacial score (nSPS) is 11.1. The highest BCUT2D eigenvalue weighted by Crippen LogP contribution is 2.25. The van der Waals surface area contributed by atoms with Crippen LogP contribution in [0.1, 0.15) is 32.3 Å². The van der Waals surface area contributed by atoms with Crippen molar-refractivity contribution in [1.29, 1.82) is 0 Å². The Kier molecular flexibility index (Phi) is 5.55. The highest BCUT2D eigenvalue weighted by atomic mass is 16.4. The average molecular weight is 279 g/mol. The molecule has 0 unspecified atom stereocenters. The summed E-state index contributed by atoms with van der Waals surface area (Å²) >= 11 is 0. The van der Waals surface area contributed by atoms with Gasteiger partial charge in [0.2, 0.25) is 5.91 Å². The lowest BCUT2D eigenvalue weighted by Gasteiger charge is -2.26. The molecule has 0 aliphatic heterocycles. The summed E-state index contributed by atoms with van der Waals surface area (Å²) < 4.78 is 0. The molecule has 0 radical (unpaired) electrons. The van der Waals surface area contributed by atoms with E-state index in [-0.39, 0.29) is 24.6 Å². The molecule has 3 N–H and O–H groups in total. The number of amides is 1. The van der Waals surface area contributed by atoms with Gasteiger partial charge in [-0.2, -0.15) is 0 Å². The molecule has 0 saturated heterocycles. The van der Waals surface area contributed by atoms with Crippen LogP contribution in [0.5, 0.6) is 5.75 Å². The van der Waals surface area contributed by atoms with Crippen LogP contribution in [0.2, 0.25) is 0 Å². The first-order valence-corrected chi connectivity index (χ1v) is 6.72. The van der Waals surface area contributed by atoms with E-state index in [2.05, 4.69) is 5.32 Å². The van der Waals surface area contributed by atoms with Gasteiger partial charge in [0.1, 0.15) is 5.75 Å². The summed E-state index contributed by atoms with van der Waals surface area (Å²) in [5, 5.41) is 21.5. The largest absolute Gasteiger partial charge is 0.508 e. The molecule has 0 fully saturated rings. The van der Waals surface area contributed by atoms with Crippen LogP contribution in [0.4, 0.5) is 0 Å². The summed E-state index contributed by atoms with van der Waals surface area (Å²) in [4.78, 5) is 23.2. The third-order valence-corrected chi connectivity index (χ3v) is 3.77. The quantitative estimate of drug-likeness (QED) is 0.712. The monoisotopic (exact) mass is 279 g/mol. The first-order chi connectivity index (χ1) is 9.45. The fourth-order valence-corrected chi connectivity index (χ4v) is 2.04. The SMILES string of the molecule is CCC(CC)(CNC(=O)Cc1ccccc1O)C(=O)O. The lowest BCUT2D eigenvalue weighted by Crippen LogP contribution is -2.42. The summed E-state index contributed by atoms with van der Waals surface area (Å²) in [5.41, 5.74) is -0.395. The third kappa shape index (κ3) is 3.73. The molecule has 0 aliphatic rings. The van der Waals surface area contributed by atoms with Gasteiger partial charge in [0.05, 0.1) is 11.8 Å². The molecule has 1 rings (SSSR count). The van der Waals surface area contributed by atoms with Gasteiger partial charge in [-0.15, -0.1) is 0 Å². The minimum Gasteiger partial charge on any atom is -0.508 e. The fourth-order valence-electron chi connectivity index (χ4n) is 2.04. The van der Waals surface area contributed by atoms with E-state index in [4.69, 9.17) is 0 Å². The topological polar surface area (TPSA) is 86.6 Å². The Balaban J connectivity index is 2.63. The number of nitrogens with one attached hydrogen (secondary N) is 1. The average Bonchev–Trinajstić information content (AvgIpc) is 2.43. The number of carbonyl (C=O) groups excluding carboxylic acids is 1. The van der Waals surface area contributed by atoms with Gasteiger partial charge in [0.15, 0.2) is 0 Å². The highest BCUT2D eigenvalue weighted by Gasteiger charge is 2.35. The summed E-state index contributed by atoms with van der Waals surface area (Å²) in [6.07, 6.45) is 0.946. The summed E-state index contributed by atoms with van der Waals surface area (Å²) in [6, 6.07) is 6.60. The van der Waals surface area contributed by atoms with Crippen molar-refractivity contribution >= 4 is 11.9 Å². The number of carboxylic acid groups (broad SMARTS) is 1. The van der Waals surface area contributed by atoms with Crippen molar-refractivity contribution in [1.82, 2.24) is 5.32 Å².